The summed E-state index contributed by atoms with van der Waals surface area (Å²) in [6, 6.07) is 3.57. The molecule has 0 saturated heterocycles. The molecule has 2 rings (SSSR count). The van der Waals surface area contributed by atoms with Gasteiger partial charge in [0.25, 0.3) is 0 Å². The molecule has 0 spiro atoms. The lowest BCUT2D eigenvalue weighted by Crippen LogP contribution is -2.15. The van der Waals surface area contributed by atoms with Gasteiger partial charge in [-0.05, 0) is 28.1 Å². The van der Waals surface area contributed by atoms with Crippen LogP contribution < -0.4 is 5.32 Å². The molecule has 0 atom stereocenters. The van der Waals surface area contributed by atoms with Crippen molar-refractivity contribution in [3.63, 3.8) is 0 Å². The highest BCUT2D eigenvalue weighted by Gasteiger charge is 2.10. The molecule has 0 bridgehead atoms. The zero-order valence-electron chi connectivity index (χ0n) is 11.1. The molecule has 2 heterocycles. The molecule has 0 aliphatic rings. The molecule has 1 amide bonds. The van der Waals surface area contributed by atoms with Crippen LogP contribution in [0, 0.1) is 0 Å². The fourth-order valence-corrected chi connectivity index (χ4v) is 2.50. The number of rotatable bonds is 5. The van der Waals surface area contributed by atoms with Crippen LogP contribution in [0.5, 0.6) is 0 Å². The zero-order chi connectivity index (χ0) is 14.5. The van der Waals surface area contributed by atoms with Crippen molar-refractivity contribution in [2.75, 3.05) is 11.1 Å². The third-order valence-corrected chi connectivity index (χ3v) is 4.06. The Hall–Kier alpha value is -1.41. The Morgan fingerprint density at radius 3 is 2.85 bits per heavy atom. The normalized spacial score (nSPS) is 10.6. The molecular weight excluding hydrogens is 342 g/mol. The second-order valence-electron chi connectivity index (χ2n) is 4.01. The number of halogens is 1. The first-order valence-corrected chi connectivity index (χ1v) is 7.80. The fraction of sp³-hybridized carbons (Fsp3) is 0.333. The minimum Gasteiger partial charge on any atom is -0.310 e. The van der Waals surface area contributed by atoms with Gasteiger partial charge in [-0.2, -0.15) is 0 Å². The summed E-state index contributed by atoms with van der Waals surface area (Å²) in [5.41, 5.74) is 0. The van der Waals surface area contributed by atoms with E-state index in [1.165, 1.54) is 11.8 Å². The molecule has 20 heavy (non-hydrogen) atoms. The van der Waals surface area contributed by atoms with Gasteiger partial charge in [0.05, 0.1) is 5.75 Å². The van der Waals surface area contributed by atoms with Gasteiger partial charge in [0.15, 0.2) is 5.16 Å². The van der Waals surface area contributed by atoms with E-state index in [0.717, 1.165) is 21.9 Å². The van der Waals surface area contributed by atoms with E-state index in [1.54, 1.807) is 12.3 Å². The standard InChI is InChI=1S/C12H14BrN5OS/c1-3-10-16-17-12(18(10)2)20-7-11(19)15-9-5-4-8(13)6-14-9/h4-6H,3,7H2,1-2H3,(H,14,15,19). The smallest absolute Gasteiger partial charge is 0.236 e. The molecule has 0 radical (unpaired) electrons. The van der Waals surface area contributed by atoms with E-state index in [2.05, 4.69) is 36.4 Å². The van der Waals surface area contributed by atoms with Crippen molar-refractivity contribution in [1.29, 1.82) is 0 Å². The molecule has 2 aromatic rings. The highest BCUT2D eigenvalue weighted by atomic mass is 79.9. The van der Waals surface area contributed by atoms with Crippen molar-refractivity contribution in [2.45, 2.75) is 18.5 Å². The Bertz CT molecular complexity index is 598. The van der Waals surface area contributed by atoms with Gasteiger partial charge in [0, 0.05) is 24.1 Å². The van der Waals surface area contributed by atoms with Gasteiger partial charge < -0.3 is 9.88 Å². The number of pyridine rings is 1. The van der Waals surface area contributed by atoms with Crippen molar-refractivity contribution < 1.29 is 4.79 Å². The van der Waals surface area contributed by atoms with Gasteiger partial charge in [-0.25, -0.2) is 4.98 Å². The maximum Gasteiger partial charge on any atom is 0.236 e. The van der Waals surface area contributed by atoms with E-state index >= 15 is 0 Å². The molecule has 0 aliphatic carbocycles. The molecule has 1 N–H and O–H groups in total. The third-order valence-electron chi connectivity index (χ3n) is 2.57. The fourth-order valence-electron chi connectivity index (χ4n) is 1.54. The number of anilines is 1. The third kappa shape index (κ3) is 3.80. The van der Waals surface area contributed by atoms with Crippen molar-refractivity contribution in [3.8, 4) is 0 Å². The van der Waals surface area contributed by atoms with Crippen LogP contribution in [0.4, 0.5) is 5.82 Å². The van der Waals surface area contributed by atoms with Gasteiger partial charge in [-0.15, -0.1) is 10.2 Å². The summed E-state index contributed by atoms with van der Waals surface area (Å²) in [5.74, 6) is 1.59. The zero-order valence-corrected chi connectivity index (χ0v) is 13.5. The van der Waals surface area contributed by atoms with E-state index in [-0.39, 0.29) is 11.7 Å². The Balaban J connectivity index is 1.88. The molecule has 0 unspecified atom stereocenters. The number of hydrogen-bond acceptors (Lipinski definition) is 5. The monoisotopic (exact) mass is 355 g/mol. The van der Waals surface area contributed by atoms with Crippen molar-refractivity contribution in [3.05, 3.63) is 28.6 Å². The first-order valence-electron chi connectivity index (χ1n) is 6.02. The van der Waals surface area contributed by atoms with Crippen LogP contribution in [0.3, 0.4) is 0 Å². The number of thioether (sulfide) groups is 1. The number of nitrogens with zero attached hydrogens (tertiary/aromatic N) is 4. The van der Waals surface area contributed by atoms with Crippen LogP contribution in [0.1, 0.15) is 12.7 Å². The number of aromatic nitrogens is 4. The minimum absolute atomic E-state index is 0.120. The Labute approximate surface area is 129 Å². The van der Waals surface area contributed by atoms with E-state index in [1.807, 2.05) is 24.6 Å². The summed E-state index contributed by atoms with van der Waals surface area (Å²) < 4.78 is 2.77. The summed E-state index contributed by atoms with van der Waals surface area (Å²) in [6.07, 6.45) is 2.46. The predicted octanol–water partition coefficient (Wildman–Crippen LogP) is 2.27. The van der Waals surface area contributed by atoms with Crippen LogP contribution in [-0.4, -0.2) is 31.4 Å². The lowest BCUT2D eigenvalue weighted by Gasteiger charge is -2.04. The Morgan fingerprint density at radius 1 is 1.45 bits per heavy atom. The highest BCUT2D eigenvalue weighted by molar-refractivity contribution is 9.10. The molecule has 2 aromatic heterocycles. The van der Waals surface area contributed by atoms with Crippen LogP contribution in [-0.2, 0) is 18.3 Å². The van der Waals surface area contributed by atoms with Crippen LogP contribution in [0.2, 0.25) is 0 Å². The number of carbonyl (C=O) groups excluding carboxylic acids is 1. The van der Waals surface area contributed by atoms with Gasteiger partial charge in [-0.1, -0.05) is 18.7 Å². The summed E-state index contributed by atoms with van der Waals surface area (Å²) >= 11 is 4.65. The largest absolute Gasteiger partial charge is 0.310 e. The van der Waals surface area contributed by atoms with Gasteiger partial charge in [0.1, 0.15) is 11.6 Å². The second kappa shape index (κ2) is 6.85. The quantitative estimate of drug-likeness (QED) is 0.832. The minimum atomic E-state index is -0.120. The number of amides is 1. The number of aryl methyl sites for hydroxylation is 1. The summed E-state index contributed by atoms with van der Waals surface area (Å²) in [4.78, 5) is 15.9. The van der Waals surface area contributed by atoms with E-state index < -0.39 is 0 Å². The maximum atomic E-state index is 11.8. The molecule has 0 aliphatic heterocycles. The van der Waals surface area contributed by atoms with Crippen molar-refractivity contribution in [1.82, 2.24) is 19.7 Å². The van der Waals surface area contributed by atoms with Crippen molar-refractivity contribution >= 4 is 39.4 Å². The van der Waals surface area contributed by atoms with Gasteiger partial charge >= 0.3 is 0 Å². The first kappa shape index (κ1) is 15.0. The van der Waals surface area contributed by atoms with Crippen LogP contribution in [0.15, 0.2) is 28.0 Å². The topological polar surface area (TPSA) is 72.7 Å². The Morgan fingerprint density at radius 2 is 2.25 bits per heavy atom. The van der Waals surface area contributed by atoms with E-state index in [4.69, 9.17) is 0 Å². The summed E-state index contributed by atoms with van der Waals surface area (Å²) in [6.45, 7) is 2.02. The molecule has 0 aromatic carbocycles. The average molecular weight is 356 g/mol. The molecule has 106 valence electrons. The average Bonchev–Trinajstić information content (AvgIpc) is 2.79. The van der Waals surface area contributed by atoms with Crippen LogP contribution >= 0.6 is 27.7 Å². The molecular formula is C12H14BrN5OS. The molecule has 6 nitrogen and oxygen atoms in total. The number of carbonyl (C=O) groups is 1. The lowest BCUT2D eigenvalue weighted by atomic mass is 10.4. The van der Waals surface area contributed by atoms with Gasteiger partial charge in [0.2, 0.25) is 5.91 Å². The van der Waals surface area contributed by atoms with Crippen LogP contribution in [0.25, 0.3) is 0 Å². The maximum absolute atomic E-state index is 11.8. The SMILES string of the molecule is CCc1nnc(SCC(=O)Nc2ccc(Br)cn2)n1C. The predicted molar refractivity (Wildman–Crippen MR) is 81.7 cm³/mol. The molecule has 0 saturated carbocycles. The molecule has 0 fully saturated rings. The van der Waals surface area contributed by atoms with E-state index in [0.29, 0.717) is 5.82 Å². The summed E-state index contributed by atoms with van der Waals surface area (Å²) in [5, 5.41) is 11.6. The highest BCUT2D eigenvalue weighted by Crippen LogP contribution is 2.16. The lowest BCUT2D eigenvalue weighted by molar-refractivity contribution is -0.113. The van der Waals surface area contributed by atoms with Gasteiger partial charge in [-0.3, -0.25) is 4.79 Å². The number of hydrogen-bond donors (Lipinski definition) is 1. The second-order valence-corrected chi connectivity index (χ2v) is 5.87. The number of nitrogens with one attached hydrogen (secondary N) is 1. The Kier molecular flexibility index (Phi) is 5.13. The van der Waals surface area contributed by atoms with E-state index in [9.17, 15) is 4.79 Å². The summed E-state index contributed by atoms with van der Waals surface area (Å²) in [7, 11) is 1.90. The van der Waals surface area contributed by atoms with Crippen molar-refractivity contribution in [2.24, 2.45) is 7.05 Å². The first-order chi connectivity index (χ1) is 9.60. The molecule has 8 heteroatoms.